The summed E-state index contributed by atoms with van der Waals surface area (Å²) < 4.78 is 0. The zero-order chi connectivity index (χ0) is 17.2. The van der Waals surface area contributed by atoms with Crippen LogP contribution in [-0.2, 0) is 4.79 Å². The topological polar surface area (TPSA) is 72.2 Å². The predicted molar refractivity (Wildman–Crippen MR) is 97.5 cm³/mol. The number of primary amides is 1. The molecule has 4 nitrogen and oxygen atoms in total. The van der Waals surface area contributed by atoms with E-state index in [9.17, 15) is 9.59 Å². The molecule has 0 aliphatic heterocycles. The second kappa shape index (κ2) is 17.3. The van der Waals surface area contributed by atoms with Gasteiger partial charge in [-0.1, -0.05) is 71.1 Å². The maximum atomic E-state index is 11.7. The Morgan fingerprint density at radius 1 is 0.696 bits per heavy atom. The molecule has 0 atom stereocenters. The van der Waals surface area contributed by atoms with Crippen LogP contribution in [0.2, 0.25) is 0 Å². The number of urea groups is 1. The minimum absolute atomic E-state index is 0.396. The molecule has 0 unspecified atom stereocenters. The number of amides is 2. The number of ketones is 1. The second-order valence-corrected chi connectivity index (χ2v) is 6.57. The van der Waals surface area contributed by atoms with Gasteiger partial charge in [0.1, 0.15) is 5.78 Å². The van der Waals surface area contributed by atoms with E-state index in [2.05, 4.69) is 12.2 Å². The predicted octanol–water partition coefficient (Wildman–Crippen LogP) is 5.10. The number of carbonyl (C=O) groups excluding carboxylic acids is 2. The highest BCUT2D eigenvalue weighted by Crippen LogP contribution is 2.12. The number of hydrogen-bond donors (Lipinski definition) is 2. The Hall–Kier alpha value is -1.06. The van der Waals surface area contributed by atoms with Crippen molar-refractivity contribution in [1.82, 2.24) is 5.32 Å². The van der Waals surface area contributed by atoms with Crippen LogP contribution >= 0.6 is 0 Å². The first kappa shape index (κ1) is 21.9. The maximum Gasteiger partial charge on any atom is 0.312 e. The van der Waals surface area contributed by atoms with Crippen molar-refractivity contribution >= 4 is 11.8 Å². The van der Waals surface area contributed by atoms with E-state index < -0.39 is 6.03 Å². The molecule has 0 aromatic rings. The van der Waals surface area contributed by atoms with Crippen LogP contribution in [0.5, 0.6) is 0 Å². The van der Waals surface area contributed by atoms with Crippen LogP contribution in [0.1, 0.15) is 103 Å². The second-order valence-electron chi connectivity index (χ2n) is 6.57. The molecule has 0 aliphatic rings. The summed E-state index contributed by atoms with van der Waals surface area (Å²) in [5.41, 5.74) is 4.98. The van der Waals surface area contributed by atoms with Crippen LogP contribution in [0.15, 0.2) is 0 Å². The molecule has 0 heterocycles. The largest absolute Gasteiger partial charge is 0.352 e. The van der Waals surface area contributed by atoms with Crippen molar-refractivity contribution < 1.29 is 9.59 Å². The molecule has 0 aliphatic carbocycles. The van der Waals surface area contributed by atoms with Gasteiger partial charge in [0.15, 0.2) is 0 Å². The maximum absolute atomic E-state index is 11.7. The van der Waals surface area contributed by atoms with Gasteiger partial charge in [0.2, 0.25) is 0 Å². The third-order valence-electron chi connectivity index (χ3n) is 4.24. The minimum Gasteiger partial charge on any atom is -0.352 e. The molecule has 0 radical (unpaired) electrons. The highest BCUT2D eigenvalue weighted by Gasteiger charge is 2.02. The lowest BCUT2D eigenvalue weighted by Crippen LogP contribution is -2.29. The molecule has 0 aromatic heterocycles. The molecule has 0 spiro atoms. The molecule has 2 amide bonds. The van der Waals surface area contributed by atoms with Gasteiger partial charge in [-0.3, -0.25) is 4.79 Å². The Kier molecular flexibility index (Phi) is 16.5. The summed E-state index contributed by atoms with van der Waals surface area (Å²) >= 11 is 0. The van der Waals surface area contributed by atoms with Gasteiger partial charge in [-0.25, -0.2) is 4.79 Å². The van der Waals surface area contributed by atoms with Crippen molar-refractivity contribution in [3.05, 3.63) is 0 Å². The Bertz CT molecular complexity index is 293. The molecule has 0 saturated heterocycles. The van der Waals surface area contributed by atoms with Crippen molar-refractivity contribution in [3.8, 4) is 0 Å². The van der Waals surface area contributed by atoms with Gasteiger partial charge in [-0.05, 0) is 19.3 Å². The molecule has 0 rings (SSSR count). The third-order valence-corrected chi connectivity index (χ3v) is 4.24. The van der Waals surface area contributed by atoms with E-state index in [1.165, 1.54) is 57.8 Å². The molecular weight excluding hydrogens is 288 g/mol. The highest BCUT2D eigenvalue weighted by atomic mass is 16.2. The Balaban J connectivity index is 3.17. The molecule has 0 aromatic carbocycles. The van der Waals surface area contributed by atoms with E-state index >= 15 is 0 Å². The Morgan fingerprint density at radius 3 is 1.61 bits per heavy atom. The van der Waals surface area contributed by atoms with E-state index in [4.69, 9.17) is 5.73 Å². The van der Waals surface area contributed by atoms with Crippen molar-refractivity contribution in [3.63, 3.8) is 0 Å². The van der Waals surface area contributed by atoms with Gasteiger partial charge >= 0.3 is 6.03 Å². The fraction of sp³-hybridized carbons (Fsp3) is 0.895. The van der Waals surface area contributed by atoms with Crippen LogP contribution in [-0.4, -0.2) is 18.4 Å². The molecular formula is C19H38N2O2. The van der Waals surface area contributed by atoms with Crippen LogP contribution in [0.3, 0.4) is 0 Å². The van der Waals surface area contributed by atoms with E-state index in [0.29, 0.717) is 18.7 Å². The van der Waals surface area contributed by atoms with Crippen LogP contribution in [0.25, 0.3) is 0 Å². The number of Topliss-reactive ketones (excluding diaryl/α,β-unsaturated/α-hetero) is 1. The third kappa shape index (κ3) is 18.9. The summed E-state index contributed by atoms with van der Waals surface area (Å²) in [5, 5.41) is 2.56. The number of rotatable bonds is 17. The summed E-state index contributed by atoms with van der Waals surface area (Å²) in [6.45, 7) is 2.87. The number of nitrogens with two attached hydrogens (primary N) is 1. The number of hydrogen-bond acceptors (Lipinski definition) is 2. The number of unbranched alkanes of at least 4 members (excludes halogenated alkanes) is 11. The average molecular weight is 327 g/mol. The smallest absolute Gasteiger partial charge is 0.312 e. The normalized spacial score (nSPS) is 10.7. The standard InChI is InChI=1S/C19H38N2O2/c1-2-3-4-5-6-7-8-9-10-12-15-18(22)16-13-11-14-17-21-19(20)23/h2-17H2,1H3,(H3,20,21,23). The van der Waals surface area contributed by atoms with Crippen molar-refractivity contribution in [2.45, 2.75) is 103 Å². The van der Waals surface area contributed by atoms with Gasteiger partial charge in [0.05, 0.1) is 0 Å². The lowest BCUT2D eigenvalue weighted by Gasteiger charge is -2.03. The first-order valence-electron chi connectivity index (χ1n) is 9.71. The van der Waals surface area contributed by atoms with Gasteiger partial charge in [-0.15, -0.1) is 0 Å². The van der Waals surface area contributed by atoms with Gasteiger partial charge < -0.3 is 11.1 Å². The molecule has 0 fully saturated rings. The molecule has 4 heteroatoms. The van der Waals surface area contributed by atoms with Crippen LogP contribution < -0.4 is 11.1 Å². The molecule has 0 saturated carbocycles. The number of carbonyl (C=O) groups is 2. The lowest BCUT2D eigenvalue weighted by atomic mass is 10.0. The summed E-state index contributed by atoms with van der Waals surface area (Å²) in [7, 11) is 0. The van der Waals surface area contributed by atoms with Crippen LogP contribution in [0, 0.1) is 0 Å². The zero-order valence-corrected chi connectivity index (χ0v) is 15.2. The quantitative estimate of drug-likeness (QED) is 0.365. The minimum atomic E-state index is -0.470. The fourth-order valence-corrected chi connectivity index (χ4v) is 2.77. The van der Waals surface area contributed by atoms with Gasteiger partial charge in [-0.2, -0.15) is 0 Å². The molecule has 0 bridgehead atoms. The first-order valence-corrected chi connectivity index (χ1v) is 9.71. The summed E-state index contributed by atoms with van der Waals surface area (Å²) in [6.07, 6.45) is 17.3. The first-order chi connectivity index (χ1) is 11.2. The van der Waals surface area contributed by atoms with Crippen molar-refractivity contribution in [2.75, 3.05) is 6.54 Å². The summed E-state index contributed by atoms with van der Waals surface area (Å²) in [5.74, 6) is 0.396. The highest BCUT2D eigenvalue weighted by molar-refractivity contribution is 5.78. The van der Waals surface area contributed by atoms with Gasteiger partial charge in [0.25, 0.3) is 0 Å². The summed E-state index contributed by atoms with van der Waals surface area (Å²) in [6, 6.07) is -0.470. The fourth-order valence-electron chi connectivity index (χ4n) is 2.77. The zero-order valence-electron chi connectivity index (χ0n) is 15.2. The van der Waals surface area contributed by atoms with E-state index in [1.54, 1.807) is 0 Å². The van der Waals surface area contributed by atoms with Crippen molar-refractivity contribution in [2.24, 2.45) is 5.73 Å². The van der Waals surface area contributed by atoms with Crippen LogP contribution in [0.4, 0.5) is 4.79 Å². The van der Waals surface area contributed by atoms with Gasteiger partial charge in [0, 0.05) is 19.4 Å². The average Bonchev–Trinajstić information content (AvgIpc) is 2.52. The van der Waals surface area contributed by atoms with E-state index in [1.807, 2.05) is 0 Å². The number of nitrogens with one attached hydrogen (secondary N) is 1. The Morgan fingerprint density at radius 2 is 1.13 bits per heavy atom. The van der Waals surface area contributed by atoms with Crippen molar-refractivity contribution in [1.29, 1.82) is 0 Å². The Labute approximate surface area is 143 Å². The molecule has 23 heavy (non-hydrogen) atoms. The SMILES string of the molecule is CCCCCCCCCCCCC(=O)CCCCCNC(N)=O. The van der Waals surface area contributed by atoms with E-state index in [-0.39, 0.29) is 0 Å². The molecule has 3 N–H and O–H groups in total. The lowest BCUT2D eigenvalue weighted by molar-refractivity contribution is -0.119. The van der Waals surface area contributed by atoms with E-state index in [0.717, 1.165) is 32.1 Å². The molecule has 136 valence electrons. The summed E-state index contributed by atoms with van der Waals surface area (Å²) in [4.78, 5) is 22.2. The monoisotopic (exact) mass is 326 g/mol.